The van der Waals surface area contributed by atoms with Gasteiger partial charge in [-0.15, -0.1) is 0 Å². The number of alkyl carbamates (subject to hydrolysis) is 1. The summed E-state index contributed by atoms with van der Waals surface area (Å²) >= 11 is 0. The van der Waals surface area contributed by atoms with E-state index in [0.29, 0.717) is 37.9 Å². The molecule has 1 unspecified atom stereocenters. The van der Waals surface area contributed by atoms with Crippen LogP contribution >= 0.6 is 0 Å². The molecular formula is C44H49N7O6. The minimum Gasteiger partial charge on any atom is -0.453 e. The Morgan fingerprint density at radius 3 is 2.19 bits per heavy atom. The molecule has 0 bridgehead atoms. The monoisotopic (exact) mass is 771 g/mol. The van der Waals surface area contributed by atoms with Crippen molar-refractivity contribution >= 4 is 39.9 Å². The summed E-state index contributed by atoms with van der Waals surface area (Å²) in [5.41, 5.74) is 5.35. The molecule has 2 saturated carbocycles. The van der Waals surface area contributed by atoms with Crippen LogP contribution in [-0.2, 0) is 19.0 Å². The minimum atomic E-state index is -0.666. The molecule has 3 aromatic carbocycles. The van der Waals surface area contributed by atoms with Crippen molar-refractivity contribution in [3.8, 4) is 22.4 Å². The number of benzene rings is 3. The van der Waals surface area contributed by atoms with Gasteiger partial charge in [0.2, 0.25) is 5.91 Å². The lowest BCUT2D eigenvalue weighted by Crippen LogP contribution is -2.54. The Hall–Kier alpha value is -5.43. The second kappa shape index (κ2) is 13.6. The summed E-state index contributed by atoms with van der Waals surface area (Å²) in [5, 5.41) is 5.08. The molecule has 13 heteroatoms. The Balaban J connectivity index is 0.864. The van der Waals surface area contributed by atoms with Crippen molar-refractivity contribution in [3.63, 3.8) is 0 Å². The molecule has 10 rings (SSSR count). The number of rotatable bonds is 7. The van der Waals surface area contributed by atoms with Gasteiger partial charge in [-0.2, -0.15) is 0 Å². The van der Waals surface area contributed by atoms with Gasteiger partial charge in [0, 0.05) is 30.9 Å². The van der Waals surface area contributed by atoms with E-state index in [4.69, 9.17) is 24.2 Å². The third-order valence-corrected chi connectivity index (χ3v) is 12.7. The van der Waals surface area contributed by atoms with E-state index in [-0.39, 0.29) is 42.1 Å². The molecule has 13 nitrogen and oxygen atoms in total. The first kappa shape index (κ1) is 35.9. The fraction of sp³-hybridized carbons (Fsp3) is 0.477. The Labute approximate surface area is 330 Å². The van der Waals surface area contributed by atoms with E-state index in [2.05, 4.69) is 63.8 Å². The number of hydrogen-bond acceptors (Lipinski definition) is 8. The normalized spacial score (nSPS) is 26.0. The summed E-state index contributed by atoms with van der Waals surface area (Å²) in [5.74, 6) is 2.46. The topological polar surface area (TPSA) is 155 Å². The smallest absolute Gasteiger partial charge is 0.411 e. The molecule has 5 fully saturated rings. The number of likely N-dealkylation sites (tertiary alicyclic amines) is 2. The number of methoxy groups -OCH3 is 1. The van der Waals surface area contributed by atoms with Gasteiger partial charge in [-0.25, -0.2) is 19.6 Å². The molecular weight excluding hydrogens is 723 g/mol. The van der Waals surface area contributed by atoms with E-state index < -0.39 is 17.7 Å². The highest BCUT2D eigenvalue weighted by Crippen LogP contribution is 2.55. The van der Waals surface area contributed by atoms with Crippen molar-refractivity contribution in [2.75, 3.05) is 20.3 Å². The molecule has 3 N–H and O–H groups in total. The third-order valence-electron chi connectivity index (χ3n) is 12.7. The highest BCUT2D eigenvalue weighted by Gasteiger charge is 2.57. The van der Waals surface area contributed by atoms with Crippen LogP contribution in [-0.4, -0.2) is 91.9 Å². The van der Waals surface area contributed by atoms with Crippen LogP contribution in [0.5, 0.6) is 0 Å². The maximum absolute atomic E-state index is 14.2. The molecule has 0 spiro atoms. The Morgan fingerprint density at radius 2 is 1.47 bits per heavy atom. The summed E-state index contributed by atoms with van der Waals surface area (Å²) in [4.78, 5) is 60.5. The number of carbonyl (C=O) groups is 3. The molecule has 2 aromatic heterocycles. The van der Waals surface area contributed by atoms with Crippen LogP contribution in [0.4, 0.5) is 9.59 Å². The second-order valence-electron chi connectivity index (χ2n) is 17.6. The van der Waals surface area contributed by atoms with E-state index in [1.54, 1.807) is 0 Å². The number of fused-ring (bicyclic) bond motifs is 4. The van der Waals surface area contributed by atoms with Crippen LogP contribution in [0.25, 0.3) is 44.2 Å². The molecule has 5 aliphatic rings. The van der Waals surface area contributed by atoms with E-state index in [1.165, 1.54) is 7.11 Å². The van der Waals surface area contributed by atoms with Crippen molar-refractivity contribution in [1.29, 1.82) is 0 Å². The van der Waals surface area contributed by atoms with Crippen molar-refractivity contribution in [2.24, 2.45) is 17.8 Å². The van der Waals surface area contributed by atoms with Gasteiger partial charge in [-0.05, 0) is 123 Å². The number of nitrogens with zero attached hydrogens (tertiary/aromatic N) is 4. The largest absolute Gasteiger partial charge is 0.453 e. The number of aromatic nitrogens is 4. The quantitative estimate of drug-likeness (QED) is 0.152. The number of amides is 3. The predicted molar refractivity (Wildman–Crippen MR) is 213 cm³/mol. The van der Waals surface area contributed by atoms with E-state index in [9.17, 15) is 14.4 Å². The minimum absolute atomic E-state index is 0.0129. The van der Waals surface area contributed by atoms with E-state index in [1.807, 2.05) is 42.8 Å². The molecule has 3 saturated heterocycles. The zero-order chi connectivity index (χ0) is 39.2. The first-order valence-electron chi connectivity index (χ1n) is 20.4. The van der Waals surface area contributed by atoms with Crippen molar-refractivity contribution in [2.45, 2.75) is 95.1 Å². The van der Waals surface area contributed by atoms with Crippen LogP contribution < -0.4 is 5.32 Å². The van der Waals surface area contributed by atoms with Crippen LogP contribution in [0.2, 0.25) is 0 Å². The maximum Gasteiger partial charge on any atom is 0.411 e. The van der Waals surface area contributed by atoms with E-state index in [0.717, 1.165) is 81.5 Å². The SMILES string of the molecule is COC(=O)N[C@H](C(=O)N1[C@@H]2C[C@@H]2C[C@H]1c1ncc(-c2ccc3cc(-c4ccc5nc([C@@H]6CC7C[C@H]7N6C(=O)OC(C)(C)C)[nH]c5c4)ccc3c2)[nH]1)C1CCOCC1. The average Bonchev–Trinajstić information content (AvgIpc) is 3.82. The molecule has 3 amide bonds. The molecule has 5 heterocycles. The highest BCUT2D eigenvalue weighted by atomic mass is 16.6. The van der Waals surface area contributed by atoms with Crippen molar-refractivity contribution in [1.82, 2.24) is 35.1 Å². The molecule has 296 valence electrons. The van der Waals surface area contributed by atoms with Gasteiger partial charge < -0.3 is 34.4 Å². The van der Waals surface area contributed by atoms with Gasteiger partial charge >= 0.3 is 12.2 Å². The summed E-state index contributed by atoms with van der Waals surface area (Å²) in [7, 11) is 1.33. The molecule has 57 heavy (non-hydrogen) atoms. The number of aromatic amines is 2. The number of carbonyl (C=O) groups excluding carboxylic acids is 3. The number of imidazole rings is 2. The van der Waals surface area contributed by atoms with Gasteiger partial charge in [0.15, 0.2) is 0 Å². The first-order chi connectivity index (χ1) is 27.5. The van der Waals surface area contributed by atoms with Gasteiger partial charge in [0.1, 0.15) is 23.3 Å². The lowest BCUT2D eigenvalue weighted by Gasteiger charge is -2.35. The van der Waals surface area contributed by atoms with Gasteiger partial charge in [0.05, 0.1) is 42.1 Å². The lowest BCUT2D eigenvalue weighted by atomic mass is 9.90. The van der Waals surface area contributed by atoms with Gasteiger partial charge in [-0.3, -0.25) is 9.69 Å². The van der Waals surface area contributed by atoms with Crippen LogP contribution in [0.1, 0.15) is 83.0 Å². The van der Waals surface area contributed by atoms with Crippen LogP contribution in [0.15, 0.2) is 60.8 Å². The fourth-order valence-electron chi connectivity index (χ4n) is 9.68. The highest BCUT2D eigenvalue weighted by molar-refractivity contribution is 5.92. The molecule has 2 aliphatic carbocycles. The van der Waals surface area contributed by atoms with Crippen molar-refractivity contribution < 1.29 is 28.6 Å². The summed E-state index contributed by atoms with van der Waals surface area (Å²) in [6.45, 7) is 6.86. The molecule has 3 aliphatic heterocycles. The first-order valence-corrected chi connectivity index (χ1v) is 20.4. The molecule has 7 atom stereocenters. The summed E-state index contributed by atoms with van der Waals surface area (Å²) < 4.78 is 16.2. The zero-order valence-corrected chi connectivity index (χ0v) is 32.8. The van der Waals surface area contributed by atoms with Gasteiger partial charge in [0.25, 0.3) is 0 Å². The summed E-state index contributed by atoms with van der Waals surface area (Å²) in [6.07, 6.45) is 6.18. The Morgan fingerprint density at radius 1 is 0.825 bits per heavy atom. The summed E-state index contributed by atoms with van der Waals surface area (Å²) in [6, 6.07) is 18.6. The molecule has 5 aromatic rings. The Kier molecular flexibility index (Phi) is 8.58. The number of ether oxygens (including phenoxy) is 3. The third kappa shape index (κ3) is 6.69. The number of hydrogen-bond donors (Lipinski definition) is 3. The second-order valence-corrected chi connectivity index (χ2v) is 17.6. The fourth-order valence-corrected chi connectivity index (χ4v) is 9.68. The molecule has 0 radical (unpaired) electrons. The predicted octanol–water partition coefficient (Wildman–Crippen LogP) is 7.66. The number of H-pyrrole nitrogens is 2. The average molecular weight is 772 g/mol. The standard InChI is InChI=1S/C44H49N7O6/c1-44(2,3)57-43(54)51-35-19-30(35)21-37(51)40-46-31-10-9-27(17-32(31)47-40)25-5-6-26-16-28(8-7-24(26)15-25)33-22-45-39(48-33)36-20-29-18-34(29)50(36)41(52)38(49-42(53)55-4)23-11-13-56-14-12-23/h5-10,15-17,22-23,29-30,34-38H,11-14,18-21H2,1-4H3,(H,45,48)(H,46,47)(H,49,53)/t29-,30?,34-,35-,36+,37+,38+/m1/s1. The maximum atomic E-state index is 14.2. The number of piperidine rings is 2. The Bertz CT molecular complexity index is 2390. The zero-order valence-electron chi connectivity index (χ0n) is 32.8. The van der Waals surface area contributed by atoms with Crippen LogP contribution in [0.3, 0.4) is 0 Å². The van der Waals surface area contributed by atoms with Crippen LogP contribution in [0, 0.1) is 17.8 Å². The van der Waals surface area contributed by atoms with Gasteiger partial charge in [-0.1, -0.05) is 30.3 Å². The lowest BCUT2D eigenvalue weighted by molar-refractivity contribution is -0.138. The van der Waals surface area contributed by atoms with Crippen molar-refractivity contribution in [3.05, 3.63) is 72.4 Å². The number of nitrogens with one attached hydrogen (secondary N) is 3. The van der Waals surface area contributed by atoms with E-state index >= 15 is 0 Å².